The number of rotatable bonds is 6. The van der Waals surface area contributed by atoms with Crippen LogP contribution in [-0.4, -0.2) is 25.8 Å². The van der Waals surface area contributed by atoms with E-state index in [-0.39, 0.29) is 5.92 Å². The van der Waals surface area contributed by atoms with Gasteiger partial charge in [-0.1, -0.05) is 11.6 Å². The van der Waals surface area contributed by atoms with Gasteiger partial charge < -0.3 is 14.6 Å². The molecule has 0 unspecified atom stereocenters. The number of aromatic nitrogens is 2. The first-order valence-electron chi connectivity index (χ1n) is 11.4. The zero-order chi connectivity index (χ0) is 23.8. The Labute approximate surface area is 204 Å². The lowest BCUT2D eigenvalue weighted by Crippen LogP contribution is -2.33. The van der Waals surface area contributed by atoms with Crippen LogP contribution >= 0.6 is 23.4 Å². The summed E-state index contributed by atoms with van der Waals surface area (Å²) in [6.45, 7) is 7.23. The molecule has 0 spiro atoms. The third-order valence-corrected chi connectivity index (χ3v) is 7.60. The van der Waals surface area contributed by atoms with Gasteiger partial charge in [0.2, 0.25) is 0 Å². The molecule has 2 heterocycles. The number of pyridine rings is 1. The Hall–Kier alpha value is -1.86. The maximum Gasteiger partial charge on any atom is 0.199 e. The highest BCUT2D eigenvalue weighted by atomic mass is 35.5. The zero-order valence-corrected chi connectivity index (χ0v) is 21.1. The quantitative estimate of drug-likeness (QED) is 0.398. The third-order valence-electron chi connectivity index (χ3n) is 6.38. The van der Waals surface area contributed by atoms with E-state index in [4.69, 9.17) is 21.0 Å². The lowest BCUT2D eigenvalue weighted by atomic mass is 9.75. The number of hydrogen-bond donors (Lipinski definition) is 2. The number of nitrogens with zero attached hydrogens (tertiary/aromatic N) is 2. The van der Waals surface area contributed by atoms with E-state index in [1.807, 2.05) is 50.2 Å². The van der Waals surface area contributed by atoms with Gasteiger partial charge in [-0.15, -0.1) is 0 Å². The average Bonchev–Trinajstić information content (AvgIpc) is 3.18. The fraction of sp³-hybridized carbons (Fsp3) is 0.462. The molecule has 2 aromatic heterocycles. The maximum absolute atomic E-state index is 10.4. The Morgan fingerprint density at radius 1 is 0.970 bits per heavy atom. The molecule has 0 aliphatic heterocycles. The normalized spacial score (nSPS) is 19.6. The van der Waals surface area contributed by atoms with E-state index in [2.05, 4.69) is 4.98 Å². The number of oxazole rings is 1. The molecule has 2 N–H and O–H groups in total. The van der Waals surface area contributed by atoms with Crippen LogP contribution in [0.4, 0.5) is 0 Å². The summed E-state index contributed by atoms with van der Waals surface area (Å²) >= 11 is 7.56. The van der Waals surface area contributed by atoms with Crippen LogP contribution < -0.4 is 0 Å². The second-order valence-electron chi connectivity index (χ2n) is 9.94. The summed E-state index contributed by atoms with van der Waals surface area (Å²) < 4.78 is 6.34. The highest BCUT2D eigenvalue weighted by Gasteiger charge is 2.34. The van der Waals surface area contributed by atoms with E-state index in [9.17, 15) is 10.2 Å². The van der Waals surface area contributed by atoms with Crippen LogP contribution in [0, 0.1) is 5.92 Å². The molecule has 1 aliphatic rings. The molecule has 7 heteroatoms. The Balaban J connectivity index is 1.64. The predicted molar refractivity (Wildman–Crippen MR) is 132 cm³/mol. The molecule has 1 aromatic carbocycles. The van der Waals surface area contributed by atoms with Crippen molar-refractivity contribution in [2.24, 2.45) is 5.92 Å². The van der Waals surface area contributed by atoms with E-state index in [1.54, 1.807) is 20.0 Å². The summed E-state index contributed by atoms with van der Waals surface area (Å²) in [5.41, 5.74) is 0.541. The fourth-order valence-electron chi connectivity index (χ4n) is 4.30. The summed E-state index contributed by atoms with van der Waals surface area (Å²) in [4.78, 5) is 10.4. The monoisotopic (exact) mass is 486 g/mol. The van der Waals surface area contributed by atoms with E-state index in [1.165, 1.54) is 11.8 Å². The molecule has 5 nitrogen and oxygen atoms in total. The number of benzene rings is 1. The van der Waals surface area contributed by atoms with Gasteiger partial charge in [0.1, 0.15) is 11.3 Å². The van der Waals surface area contributed by atoms with Crippen LogP contribution in [0.15, 0.2) is 57.0 Å². The van der Waals surface area contributed by atoms with Gasteiger partial charge in [-0.3, -0.25) is 4.98 Å². The molecule has 3 aromatic rings. The highest BCUT2D eigenvalue weighted by molar-refractivity contribution is 7.99. The Morgan fingerprint density at radius 2 is 1.64 bits per heavy atom. The smallest absolute Gasteiger partial charge is 0.199 e. The van der Waals surface area contributed by atoms with Crippen molar-refractivity contribution in [3.63, 3.8) is 0 Å². The summed E-state index contributed by atoms with van der Waals surface area (Å²) in [6, 6.07) is 11.4. The molecule has 176 valence electrons. The van der Waals surface area contributed by atoms with E-state index in [0.717, 1.165) is 52.8 Å². The van der Waals surface area contributed by atoms with Crippen LogP contribution in [0.5, 0.6) is 0 Å². The summed E-state index contributed by atoms with van der Waals surface area (Å²) in [5.74, 6) is 1.26. The molecule has 0 bridgehead atoms. The molecule has 0 atom stereocenters. The minimum absolute atomic E-state index is 0.227. The van der Waals surface area contributed by atoms with Crippen LogP contribution in [0.3, 0.4) is 0 Å². The van der Waals surface area contributed by atoms with Crippen molar-refractivity contribution in [2.75, 3.05) is 0 Å². The van der Waals surface area contributed by atoms with Crippen molar-refractivity contribution in [1.29, 1.82) is 0 Å². The van der Waals surface area contributed by atoms with Gasteiger partial charge in [0.05, 0.1) is 11.3 Å². The summed E-state index contributed by atoms with van der Waals surface area (Å²) in [5, 5.41) is 22.0. The molecule has 33 heavy (non-hydrogen) atoms. The molecule has 1 fully saturated rings. The van der Waals surface area contributed by atoms with Crippen LogP contribution in [-0.2, 0) is 5.60 Å². The first kappa shape index (κ1) is 24.3. The van der Waals surface area contributed by atoms with Crippen molar-refractivity contribution < 1.29 is 14.6 Å². The topological polar surface area (TPSA) is 79.4 Å². The first-order valence-corrected chi connectivity index (χ1v) is 12.6. The molecule has 1 saturated carbocycles. The van der Waals surface area contributed by atoms with Crippen molar-refractivity contribution in [3.05, 3.63) is 59.2 Å². The van der Waals surface area contributed by atoms with Crippen molar-refractivity contribution in [1.82, 2.24) is 9.97 Å². The van der Waals surface area contributed by atoms with Crippen LogP contribution in [0.2, 0.25) is 5.02 Å². The Morgan fingerprint density at radius 3 is 2.18 bits per heavy atom. The largest absolute Gasteiger partial charge is 0.433 e. The fourth-order valence-corrected chi connectivity index (χ4v) is 5.30. The maximum atomic E-state index is 10.4. The lowest BCUT2D eigenvalue weighted by Gasteiger charge is -2.34. The first-order chi connectivity index (χ1) is 15.5. The van der Waals surface area contributed by atoms with Crippen molar-refractivity contribution in [2.45, 2.75) is 80.5 Å². The standard InChI is InChI=1S/C26H31ClN2O3S/c1-25(2,30)18-8-5-16(6-9-18)23-29-22(17-7-14-21(28-15-17)26(3,4)31)24(32-23)33-20-12-10-19(27)11-13-20/h7,10-16,18,30-31H,5-6,8-9H2,1-4H3. The molecular formula is C26H31ClN2O3S. The van der Waals surface area contributed by atoms with Crippen LogP contribution in [0.25, 0.3) is 11.3 Å². The van der Waals surface area contributed by atoms with Gasteiger partial charge in [-0.2, -0.15) is 0 Å². The van der Waals surface area contributed by atoms with Crippen molar-refractivity contribution >= 4 is 23.4 Å². The van der Waals surface area contributed by atoms with Gasteiger partial charge in [0.25, 0.3) is 0 Å². The lowest BCUT2D eigenvalue weighted by molar-refractivity contribution is -0.00276. The average molecular weight is 487 g/mol. The van der Waals surface area contributed by atoms with Gasteiger partial charge >= 0.3 is 0 Å². The van der Waals surface area contributed by atoms with Crippen molar-refractivity contribution in [3.8, 4) is 11.3 Å². The second kappa shape index (κ2) is 9.41. The van der Waals surface area contributed by atoms with Gasteiger partial charge in [0.15, 0.2) is 11.0 Å². The molecule has 4 rings (SSSR count). The second-order valence-corrected chi connectivity index (χ2v) is 11.4. The van der Waals surface area contributed by atoms with Gasteiger partial charge in [-0.25, -0.2) is 4.98 Å². The van der Waals surface area contributed by atoms with E-state index >= 15 is 0 Å². The summed E-state index contributed by atoms with van der Waals surface area (Å²) in [7, 11) is 0. The summed E-state index contributed by atoms with van der Waals surface area (Å²) in [6.07, 6.45) is 5.53. The number of aliphatic hydroxyl groups is 2. The minimum atomic E-state index is -1.01. The van der Waals surface area contributed by atoms with Gasteiger partial charge in [0, 0.05) is 27.6 Å². The predicted octanol–water partition coefficient (Wildman–Crippen LogP) is 6.81. The van der Waals surface area contributed by atoms with E-state index < -0.39 is 11.2 Å². The third kappa shape index (κ3) is 5.80. The highest BCUT2D eigenvalue weighted by Crippen LogP contribution is 2.43. The van der Waals surface area contributed by atoms with Gasteiger partial charge in [-0.05, 0) is 107 Å². The molecule has 0 amide bonds. The number of hydrogen-bond acceptors (Lipinski definition) is 6. The molecule has 1 aliphatic carbocycles. The minimum Gasteiger partial charge on any atom is -0.433 e. The number of halogens is 1. The zero-order valence-electron chi connectivity index (χ0n) is 19.5. The Bertz CT molecular complexity index is 1070. The SMILES string of the molecule is CC(C)(O)c1ccc(-c2nc(C3CCC(C(C)(C)O)CC3)oc2Sc2ccc(Cl)cc2)cn1. The molecule has 0 saturated heterocycles. The molecule has 0 radical (unpaired) electrons. The van der Waals surface area contributed by atoms with Crippen LogP contribution in [0.1, 0.15) is 70.9 Å². The van der Waals surface area contributed by atoms with E-state index in [0.29, 0.717) is 16.6 Å². The Kier molecular flexibility index (Phi) is 6.92. The molecular weight excluding hydrogens is 456 g/mol.